The number of hydrogen-bond donors (Lipinski definition) is 0. The summed E-state index contributed by atoms with van der Waals surface area (Å²) >= 11 is 1.90. The van der Waals surface area contributed by atoms with Crippen LogP contribution in [-0.4, -0.2) is 49.1 Å². The molecule has 0 atom stereocenters. The SMILES string of the molecule is COCC(=O)N1CCC(SC)CC1. The van der Waals surface area contributed by atoms with Crippen molar-refractivity contribution in [1.29, 1.82) is 0 Å². The fourth-order valence-corrected chi connectivity index (χ4v) is 2.24. The zero-order valence-corrected chi connectivity index (χ0v) is 9.10. The number of carbonyl (C=O) groups excluding carboxylic acids is 1. The molecule has 0 saturated carbocycles. The molecular weight excluding hydrogens is 186 g/mol. The molecule has 0 aromatic heterocycles. The zero-order valence-electron chi connectivity index (χ0n) is 8.28. The number of hydrogen-bond acceptors (Lipinski definition) is 3. The predicted molar refractivity (Wildman–Crippen MR) is 55.0 cm³/mol. The van der Waals surface area contributed by atoms with Crippen LogP contribution in [0.2, 0.25) is 0 Å². The van der Waals surface area contributed by atoms with E-state index in [0.717, 1.165) is 31.2 Å². The van der Waals surface area contributed by atoms with Crippen LogP contribution in [0.1, 0.15) is 12.8 Å². The molecule has 0 unspecified atom stereocenters. The van der Waals surface area contributed by atoms with Gasteiger partial charge < -0.3 is 9.64 Å². The molecule has 1 aliphatic heterocycles. The Morgan fingerprint density at radius 2 is 2.15 bits per heavy atom. The summed E-state index contributed by atoms with van der Waals surface area (Å²) in [6.07, 6.45) is 4.38. The molecule has 1 rings (SSSR count). The Kier molecular flexibility index (Phi) is 4.59. The fourth-order valence-electron chi connectivity index (χ4n) is 1.56. The first-order valence-corrected chi connectivity index (χ1v) is 5.86. The van der Waals surface area contributed by atoms with Gasteiger partial charge >= 0.3 is 0 Å². The third-order valence-corrected chi connectivity index (χ3v) is 3.53. The quantitative estimate of drug-likeness (QED) is 0.685. The van der Waals surface area contributed by atoms with Crippen molar-refractivity contribution >= 4 is 17.7 Å². The maximum absolute atomic E-state index is 11.4. The zero-order chi connectivity index (χ0) is 9.68. The molecule has 0 N–H and O–H groups in total. The molecule has 1 saturated heterocycles. The summed E-state index contributed by atoms with van der Waals surface area (Å²) < 4.78 is 4.81. The van der Waals surface area contributed by atoms with Gasteiger partial charge in [0.15, 0.2) is 0 Å². The third kappa shape index (κ3) is 3.19. The van der Waals surface area contributed by atoms with Crippen LogP contribution < -0.4 is 0 Å². The lowest BCUT2D eigenvalue weighted by Crippen LogP contribution is -2.40. The van der Waals surface area contributed by atoms with Crippen LogP contribution in [0.4, 0.5) is 0 Å². The third-order valence-electron chi connectivity index (χ3n) is 2.40. The second-order valence-electron chi connectivity index (χ2n) is 3.25. The van der Waals surface area contributed by atoms with Crippen molar-refractivity contribution in [3.05, 3.63) is 0 Å². The van der Waals surface area contributed by atoms with Gasteiger partial charge in [0.25, 0.3) is 0 Å². The molecule has 1 fully saturated rings. The number of nitrogens with zero attached hydrogens (tertiary/aromatic N) is 1. The highest BCUT2D eigenvalue weighted by Gasteiger charge is 2.21. The van der Waals surface area contributed by atoms with Crippen LogP contribution >= 0.6 is 11.8 Å². The second-order valence-corrected chi connectivity index (χ2v) is 4.39. The average molecular weight is 203 g/mol. The van der Waals surface area contributed by atoms with Crippen LogP contribution in [-0.2, 0) is 9.53 Å². The van der Waals surface area contributed by atoms with E-state index in [9.17, 15) is 4.79 Å². The minimum absolute atomic E-state index is 0.127. The topological polar surface area (TPSA) is 29.5 Å². The van der Waals surface area contributed by atoms with Gasteiger partial charge in [-0.15, -0.1) is 0 Å². The monoisotopic (exact) mass is 203 g/mol. The Bertz CT molecular complexity index is 167. The minimum atomic E-state index is 0.127. The highest BCUT2D eigenvalue weighted by atomic mass is 32.2. The summed E-state index contributed by atoms with van der Waals surface area (Å²) in [6.45, 7) is 2.02. The summed E-state index contributed by atoms with van der Waals surface area (Å²) in [5.41, 5.74) is 0. The van der Waals surface area contributed by atoms with E-state index in [1.165, 1.54) is 0 Å². The van der Waals surface area contributed by atoms with E-state index in [-0.39, 0.29) is 12.5 Å². The van der Waals surface area contributed by atoms with Gasteiger partial charge in [-0.25, -0.2) is 0 Å². The lowest BCUT2D eigenvalue weighted by molar-refractivity contribution is -0.135. The molecule has 1 amide bonds. The van der Waals surface area contributed by atoms with E-state index < -0.39 is 0 Å². The summed E-state index contributed by atoms with van der Waals surface area (Å²) in [5, 5.41) is 0.742. The molecule has 0 spiro atoms. The van der Waals surface area contributed by atoms with Gasteiger partial charge in [-0.1, -0.05) is 0 Å². The fraction of sp³-hybridized carbons (Fsp3) is 0.889. The van der Waals surface area contributed by atoms with Crippen LogP contribution in [0.25, 0.3) is 0 Å². The van der Waals surface area contributed by atoms with Crippen molar-refractivity contribution in [3.8, 4) is 0 Å². The summed E-state index contributed by atoms with van der Waals surface area (Å²) in [7, 11) is 1.56. The molecule has 76 valence electrons. The van der Waals surface area contributed by atoms with Crippen molar-refractivity contribution in [2.45, 2.75) is 18.1 Å². The molecule has 0 radical (unpaired) electrons. The lowest BCUT2D eigenvalue weighted by atomic mass is 10.1. The lowest BCUT2D eigenvalue weighted by Gasteiger charge is -2.30. The standard InChI is InChI=1S/C9H17NO2S/c1-12-7-9(11)10-5-3-8(13-2)4-6-10/h8H,3-7H2,1-2H3. The van der Waals surface area contributed by atoms with Gasteiger partial charge in [0.2, 0.25) is 5.91 Å². The summed E-state index contributed by atoms with van der Waals surface area (Å²) in [6, 6.07) is 0. The first kappa shape index (κ1) is 10.9. The van der Waals surface area contributed by atoms with Gasteiger partial charge in [0.1, 0.15) is 6.61 Å². The molecular formula is C9H17NO2S. The van der Waals surface area contributed by atoms with E-state index >= 15 is 0 Å². The molecule has 1 aliphatic rings. The summed E-state index contributed by atoms with van der Waals surface area (Å²) in [5.74, 6) is 0.127. The van der Waals surface area contributed by atoms with Crippen LogP contribution in [0, 0.1) is 0 Å². The van der Waals surface area contributed by atoms with Crippen LogP contribution in [0.3, 0.4) is 0 Å². The number of likely N-dealkylation sites (tertiary alicyclic amines) is 1. The smallest absolute Gasteiger partial charge is 0.248 e. The Labute approximate surface area is 83.8 Å². The Morgan fingerprint density at radius 1 is 1.54 bits per heavy atom. The predicted octanol–water partition coefficient (Wildman–Crippen LogP) is 0.987. The molecule has 13 heavy (non-hydrogen) atoms. The maximum Gasteiger partial charge on any atom is 0.248 e. The normalized spacial score (nSPS) is 19.1. The van der Waals surface area contributed by atoms with Crippen LogP contribution in [0.5, 0.6) is 0 Å². The average Bonchev–Trinajstić information content (AvgIpc) is 2.18. The first-order chi connectivity index (χ1) is 6.27. The van der Waals surface area contributed by atoms with Gasteiger partial charge in [-0.3, -0.25) is 4.79 Å². The molecule has 1 heterocycles. The van der Waals surface area contributed by atoms with Gasteiger partial charge in [-0.05, 0) is 19.1 Å². The van der Waals surface area contributed by atoms with Crippen LogP contribution in [0.15, 0.2) is 0 Å². The van der Waals surface area contributed by atoms with E-state index in [0.29, 0.717) is 0 Å². The summed E-state index contributed by atoms with van der Waals surface area (Å²) in [4.78, 5) is 13.3. The second kappa shape index (κ2) is 5.50. The number of rotatable bonds is 3. The number of ether oxygens (including phenoxy) is 1. The van der Waals surface area contributed by atoms with Gasteiger partial charge in [0.05, 0.1) is 0 Å². The van der Waals surface area contributed by atoms with E-state index in [1.54, 1.807) is 7.11 Å². The van der Waals surface area contributed by atoms with E-state index in [4.69, 9.17) is 4.74 Å². The number of carbonyl (C=O) groups is 1. The first-order valence-electron chi connectivity index (χ1n) is 4.57. The molecule has 3 nitrogen and oxygen atoms in total. The number of methoxy groups -OCH3 is 1. The van der Waals surface area contributed by atoms with E-state index in [1.807, 2.05) is 16.7 Å². The van der Waals surface area contributed by atoms with Crippen molar-refractivity contribution in [2.75, 3.05) is 33.1 Å². The van der Waals surface area contributed by atoms with Gasteiger partial charge in [-0.2, -0.15) is 11.8 Å². The molecule has 4 heteroatoms. The highest BCUT2D eigenvalue weighted by Crippen LogP contribution is 2.20. The van der Waals surface area contributed by atoms with Crippen molar-refractivity contribution in [1.82, 2.24) is 4.90 Å². The van der Waals surface area contributed by atoms with Crippen molar-refractivity contribution in [3.63, 3.8) is 0 Å². The number of thioether (sulfide) groups is 1. The van der Waals surface area contributed by atoms with Crippen molar-refractivity contribution in [2.24, 2.45) is 0 Å². The molecule has 0 aromatic carbocycles. The van der Waals surface area contributed by atoms with E-state index in [2.05, 4.69) is 6.26 Å². The molecule has 0 aliphatic carbocycles. The number of amides is 1. The van der Waals surface area contributed by atoms with Gasteiger partial charge in [0, 0.05) is 25.4 Å². The molecule has 0 aromatic rings. The number of piperidine rings is 1. The Morgan fingerprint density at radius 3 is 2.62 bits per heavy atom. The maximum atomic E-state index is 11.4. The highest BCUT2D eigenvalue weighted by molar-refractivity contribution is 7.99. The van der Waals surface area contributed by atoms with Crippen molar-refractivity contribution < 1.29 is 9.53 Å². The Hall–Kier alpha value is -0.220. The minimum Gasteiger partial charge on any atom is -0.375 e. The Balaban J connectivity index is 2.28. The largest absolute Gasteiger partial charge is 0.375 e. The molecule has 0 bridgehead atoms.